The molecule has 1 aromatic carbocycles. The SMILES string of the molecule is O=C(NC1CCCCCC1)c1cc2c3c(c1)CC(=O)N3CC2. The molecule has 4 rings (SSSR count). The van der Waals surface area contributed by atoms with Crippen LogP contribution in [0.15, 0.2) is 12.1 Å². The maximum atomic E-state index is 12.6. The van der Waals surface area contributed by atoms with Crippen LogP contribution in [0.2, 0.25) is 0 Å². The van der Waals surface area contributed by atoms with Gasteiger partial charge in [-0.3, -0.25) is 9.59 Å². The molecule has 1 N–H and O–H groups in total. The number of anilines is 1. The van der Waals surface area contributed by atoms with Gasteiger partial charge < -0.3 is 10.2 Å². The van der Waals surface area contributed by atoms with Crippen molar-refractivity contribution in [1.29, 1.82) is 0 Å². The number of hydrogen-bond acceptors (Lipinski definition) is 2. The Kier molecular flexibility index (Phi) is 3.40. The Balaban J connectivity index is 1.55. The van der Waals surface area contributed by atoms with Crippen molar-refractivity contribution in [2.45, 2.75) is 57.4 Å². The summed E-state index contributed by atoms with van der Waals surface area (Å²) in [6.45, 7) is 0.773. The molecule has 0 spiro atoms. The molecular formula is C18H22N2O2. The molecule has 1 aliphatic carbocycles. The average Bonchev–Trinajstić information content (AvgIpc) is 2.97. The number of benzene rings is 1. The van der Waals surface area contributed by atoms with Gasteiger partial charge in [0.05, 0.1) is 12.1 Å². The van der Waals surface area contributed by atoms with Crippen LogP contribution in [0.5, 0.6) is 0 Å². The third kappa shape index (κ3) is 2.31. The van der Waals surface area contributed by atoms with E-state index in [1.165, 1.54) is 25.7 Å². The van der Waals surface area contributed by atoms with Gasteiger partial charge in [0.1, 0.15) is 0 Å². The van der Waals surface area contributed by atoms with E-state index in [4.69, 9.17) is 0 Å². The summed E-state index contributed by atoms with van der Waals surface area (Å²) >= 11 is 0. The van der Waals surface area contributed by atoms with Gasteiger partial charge in [-0.25, -0.2) is 0 Å². The highest BCUT2D eigenvalue weighted by Crippen LogP contribution is 2.38. The second kappa shape index (κ2) is 5.41. The molecule has 1 aromatic rings. The van der Waals surface area contributed by atoms with Crippen molar-refractivity contribution in [2.75, 3.05) is 11.4 Å². The number of rotatable bonds is 2. The highest BCUT2D eigenvalue weighted by Gasteiger charge is 2.34. The molecule has 3 aliphatic rings. The van der Waals surface area contributed by atoms with Crippen LogP contribution >= 0.6 is 0 Å². The molecular weight excluding hydrogens is 276 g/mol. The zero-order valence-corrected chi connectivity index (χ0v) is 12.9. The Bertz CT molecular complexity index is 630. The first-order chi connectivity index (χ1) is 10.7. The minimum atomic E-state index is 0.0312. The Hall–Kier alpha value is -1.84. The fraction of sp³-hybridized carbons (Fsp3) is 0.556. The van der Waals surface area contributed by atoms with Gasteiger partial charge in [-0.15, -0.1) is 0 Å². The van der Waals surface area contributed by atoms with E-state index in [2.05, 4.69) is 5.32 Å². The van der Waals surface area contributed by atoms with Gasteiger partial charge in [0, 0.05) is 18.2 Å². The smallest absolute Gasteiger partial charge is 0.251 e. The summed E-state index contributed by atoms with van der Waals surface area (Å²) in [5.74, 6) is 0.207. The van der Waals surface area contributed by atoms with E-state index in [9.17, 15) is 9.59 Å². The summed E-state index contributed by atoms with van der Waals surface area (Å²) < 4.78 is 0. The standard InChI is InChI=1S/C18H22N2O2/c21-16-11-13-10-14(9-12-7-8-20(16)17(12)13)18(22)19-15-5-3-1-2-4-6-15/h9-10,15H,1-8,11H2,(H,19,22). The van der Waals surface area contributed by atoms with Crippen LogP contribution in [0.3, 0.4) is 0 Å². The summed E-state index contributed by atoms with van der Waals surface area (Å²) in [6.07, 6.45) is 8.51. The van der Waals surface area contributed by atoms with Crippen LogP contribution in [0.1, 0.15) is 60.0 Å². The minimum absolute atomic E-state index is 0.0312. The zero-order valence-electron chi connectivity index (χ0n) is 12.9. The molecule has 4 heteroatoms. The maximum absolute atomic E-state index is 12.6. The molecule has 22 heavy (non-hydrogen) atoms. The van der Waals surface area contributed by atoms with Crippen LogP contribution in [-0.4, -0.2) is 24.4 Å². The van der Waals surface area contributed by atoms with Crippen molar-refractivity contribution < 1.29 is 9.59 Å². The van der Waals surface area contributed by atoms with Crippen molar-refractivity contribution >= 4 is 17.5 Å². The number of carbonyl (C=O) groups excluding carboxylic acids is 2. The third-order valence-electron chi connectivity index (χ3n) is 5.24. The highest BCUT2D eigenvalue weighted by molar-refractivity contribution is 6.05. The maximum Gasteiger partial charge on any atom is 0.251 e. The lowest BCUT2D eigenvalue weighted by Gasteiger charge is -2.17. The van der Waals surface area contributed by atoms with E-state index in [1.807, 2.05) is 17.0 Å². The molecule has 2 aliphatic heterocycles. The van der Waals surface area contributed by atoms with Crippen molar-refractivity contribution in [3.05, 3.63) is 28.8 Å². The number of nitrogens with one attached hydrogen (secondary N) is 1. The van der Waals surface area contributed by atoms with Gasteiger partial charge in [-0.05, 0) is 42.5 Å². The largest absolute Gasteiger partial charge is 0.349 e. The summed E-state index contributed by atoms with van der Waals surface area (Å²) in [5.41, 5.74) is 4.01. The molecule has 0 radical (unpaired) electrons. The second-order valence-corrected chi connectivity index (χ2v) is 6.78. The average molecular weight is 298 g/mol. The van der Waals surface area contributed by atoms with Crippen LogP contribution in [0.4, 0.5) is 5.69 Å². The molecule has 0 bridgehead atoms. The highest BCUT2D eigenvalue weighted by atomic mass is 16.2. The number of nitrogens with zero attached hydrogens (tertiary/aromatic N) is 1. The Labute approximate surface area is 130 Å². The minimum Gasteiger partial charge on any atom is -0.349 e. The number of carbonyl (C=O) groups is 2. The van der Waals surface area contributed by atoms with Gasteiger partial charge in [0.15, 0.2) is 0 Å². The lowest BCUT2D eigenvalue weighted by atomic mass is 10.0. The Morgan fingerprint density at radius 1 is 1.09 bits per heavy atom. The van der Waals surface area contributed by atoms with Crippen LogP contribution < -0.4 is 10.2 Å². The first kappa shape index (κ1) is 13.8. The van der Waals surface area contributed by atoms with E-state index in [1.54, 1.807) is 0 Å². The van der Waals surface area contributed by atoms with Crippen molar-refractivity contribution in [3.63, 3.8) is 0 Å². The molecule has 4 nitrogen and oxygen atoms in total. The molecule has 0 aromatic heterocycles. The number of amides is 2. The molecule has 0 unspecified atom stereocenters. The predicted octanol–water partition coefficient (Wildman–Crippen LogP) is 2.58. The molecule has 0 atom stereocenters. The van der Waals surface area contributed by atoms with Gasteiger partial charge in [-0.1, -0.05) is 25.7 Å². The first-order valence-corrected chi connectivity index (χ1v) is 8.49. The monoisotopic (exact) mass is 298 g/mol. The molecule has 116 valence electrons. The Morgan fingerprint density at radius 3 is 2.59 bits per heavy atom. The normalized spacial score (nSPS) is 20.9. The molecule has 0 saturated heterocycles. The lowest BCUT2D eigenvalue weighted by Crippen LogP contribution is -2.34. The molecule has 2 amide bonds. The van der Waals surface area contributed by atoms with Crippen LogP contribution in [0.25, 0.3) is 0 Å². The van der Waals surface area contributed by atoms with Gasteiger partial charge in [0.25, 0.3) is 5.91 Å². The first-order valence-electron chi connectivity index (χ1n) is 8.49. The van der Waals surface area contributed by atoms with Gasteiger partial charge in [-0.2, -0.15) is 0 Å². The summed E-state index contributed by atoms with van der Waals surface area (Å²) in [5, 5.41) is 3.20. The summed E-state index contributed by atoms with van der Waals surface area (Å²) in [7, 11) is 0. The van der Waals surface area contributed by atoms with Gasteiger partial charge >= 0.3 is 0 Å². The fourth-order valence-corrected chi connectivity index (χ4v) is 4.11. The second-order valence-electron chi connectivity index (χ2n) is 6.78. The van der Waals surface area contributed by atoms with Crippen LogP contribution in [-0.2, 0) is 17.6 Å². The lowest BCUT2D eigenvalue weighted by molar-refractivity contribution is -0.117. The number of hydrogen-bond donors (Lipinski definition) is 1. The van der Waals surface area contributed by atoms with Crippen LogP contribution in [0, 0.1) is 0 Å². The quantitative estimate of drug-likeness (QED) is 0.853. The van der Waals surface area contributed by atoms with E-state index in [0.717, 1.165) is 48.2 Å². The van der Waals surface area contributed by atoms with E-state index >= 15 is 0 Å². The summed E-state index contributed by atoms with van der Waals surface area (Å²) in [4.78, 5) is 26.4. The van der Waals surface area contributed by atoms with Crippen molar-refractivity contribution in [2.24, 2.45) is 0 Å². The molecule has 1 saturated carbocycles. The summed E-state index contributed by atoms with van der Waals surface area (Å²) in [6, 6.07) is 4.23. The Morgan fingerprint density at radius 2 is 1.82 bits per heavy atom. The molecule has 2 heterocycles. The van der Waals surface area contributed by atoms with E-state index in [-0.39, 0.29) is 11.8 Å². The zero-order chi connectivity index (χ0) is 15.1. The fourth-order valence-electron chi connectivity index (χ4n) is 4.11. The molecule has 1 fully saturated rings. The third-order valence-corrected chi connectivity index (χ3v) is 5.24. The predicted molar refractivity (Wildman–Crippen MR) is 85.2 cm³/mol. The van der Waals surface area contributed by atoms with Gasteiger partial charge in [0.2, 0.25) is 5.91 Å². The van der Waals surface area contributed by atoms with Crippen molar-refractivity contribution in [1.82, 2.24) is 5.32 Å². The van der Waals surface area contributed by atoms with Crippen molar-refractivity contribution in [3.8, 4) is 0 Å². The van der Waals surface area contributed by atoms with E-state index < -0.39 is 0 Å². The topological polar surface area (TPSA) is 49.4 Å². The van der Waals surface area contributed by atoms with E-state index in [0.29, 0.717) is 12.5 Å².